The maximum absolute atomic E-state index is 11.8. The third kappa shape index (κ3) is 2.41. The van der Waals surface area contributed by atoms with Crippen LogP contribution < -0.4 is 9.64 Å². The minimum atomic E-state index is -0.577. The Bertz CT molecular complexity index is 489. The Morgan fingerprint density at radius 3 is 2.94 bits per heavy atom. The van der Waals surface area contributed by atoms with E-state index in [1.807, 2.05) is 0 Å². The van der Waals surface area contributed by atoms with E-state index >= 15 is 0 Å². The Morgan fingerprint density at radius 2 is 2.28 bits per heavy atom. The van der Waals surface area contributed by atoms with Crippen LogP contribution in [0.25, 0.3) is 0 Å². The van der Waals surface area contributed by atoms with Gasteiger partial charge in [-0.15, -0.1) is 0 Å². The molecule has 1 aliphatic heterocycles. The molecule has 6 heteroatoms. The van der Waals surface area contributed by atoms with E-state index in [1.54, 1.807) is 19.1 Å². The van der Waals surface area contributed by atoms with E-state index in [9.17, 15) is 9.59 Å². The molecule has 0 unspecified atom stereocenters. The first-order valence-corrected chi connectivity index (χ1v) is 5.92. The first kappa shape index (κ1) is 12.7. The van der Waals surface area contributed by atoms with Gasteiger partial charge in [-0.1, -0.05) is 0 Å². The van der Waals surface area contributed by atoms with Crippen molar-refractivity contribution >= 4 is 28.6 Å². The highest BCUT2D eigenvalue weighted by Crippen LogP contribution is 2.33. The lowest BCUT2D eigenvalue weighted by atomic mass is 10.1. The fraction of sp³-hybridized carbons (Fsp3) is 0.333. The van der Waals surface area contributed by atoms with Crippen molar-refractivity contribution in [2.75, 3.05) is 24.7 Å². The number of rotatable bonds is 2. The molecule has 1 aromatic rings. The summed E-state index contributed by atoms with van der Waals surface area (Å²) >= 11 is 5.42. The van der Waals surface area contributed by atoms with Crippen molar-refractivity contribution in [3.05, 3.63) is 23.8 Å². The Hall–Kier alpha value is -1.75. The quantitative estimate of drug-likeness (QED) is 0.774. The van der Waals surface area contributed by atoms with Crippen LogP contribution in [0.5, 0.6) is 5.75 Å². The molecule has 96 valence electrons. The summed E-state index contributed by atoms with van der Waals surface area (Å²) in [7, 11) is 0. The molecule has 2 rings (SSSR count). The smallest absolute Gasteiger partial charge is 0.414 e. The van der Waals surface area contributed by atoms with Gasteiger partial charge in [0.25, 0.3) is 5.24 Å². The molecule has 0 saturated heterocycles. The van der Waals surface area contributed by atoms with Crippen LogP contribution in [0.2, 0.25) is 0 Å². The zero-order chi connectivity index (χ0) is 13.1. The van der Waals surface area contributed by atoms with Crippen molar-refractivity contribution in [2.24, 2.45) is 0 Å². The predicted octanol–water partition coefficient (Wildman–Crippen LogP) is 2.42. The topological polar surface area (TPSA) is 55.8 Å². The molecule has 0 spiro atoms. The van der Waals surface area contributed by atoms with E-state index in [0.717, 1.165) is 0 Å². The van der Waals surface area contributed by atoms with E-state index in [0.29, 0.717) is 36.8 Å². The van der Waals surface area contributed by atoms with Crippen LogP contribution in [-0.2, 0) is 4.74 Å². The van der Waals surface area contributed by atoms with Crippen LogP contribution in [0.1, 0.15) is 17.3 Å². The summed E-state index contributed by atoms with van der Waals surface area (Å²) in [4.78, 5) is 24.3. The number of carbonyl (C=O) groups excluding carboxylic acids is 2. The molecule has 0 bridgehead atoms. The number of amides is 1. The number of benzene rings is 1. The van der Waals surface area contributed by atoms with Gasteiger partial charge >= 0.3 is 6.09 Å². The lowest BCUT2D eigenvalue weighted by Gasteiger charge is -2.28. The number of carbonyl (C=O) groups is 2. The van der Waals surface area contributed by atoms with Gasteiger partial charge in [0.15, 0.2) is 0 Å². The third-order valence-corrected chi connectivity index (χ3v) is 2.76. The van der Waals surface area contributed by atoms with Crippen molar-refractivity contribution in [3.8, 4) is 5.75 Å². The highest BCUT2D eigenvalue weighted by molar-refractivity contribution is 6.67. The van der Waals surface area contributed by atoms with Gasteiger partial charge in [0.05, 0.1) is 18.8 Å². The second kappa shape index (κ2) is 5.27. The molecular weight excluding hydrogens is 258 g/mol. The number of ether oxygens (including phenoxy) is 2. The largest absolute Gasteiger partial charge is 0.490 e. The van der Waals surface area contributed by atoms with Gasteiger partial charge in [-0.2, -0.15) is 0 Å². The number of halogens is 1. The molecule has 0 saturated carbocycles. The molecule has 1 heterocycles. The summed E-state index contributed by atoms with van der Waals surface area (Å²) < 4.78 is 10.4. The molecule has 1 amide bonds. The Kier molecular flexibility index (Phi) is 3.72. The Labute approximate surface area is 109 Å². The molecule has 0 radical (unpaired) electrons. The number of fused-ring (bicyclic) bond motifs is 1. The standard InChI is InChI=1S/C12H12ClNO4/c1-2-17-12(16)14-5-6-18-10-4-3-8(11(13)15)7-9(10)14/h3-4,7H,2,5-6H2,1H3. The monoisotopic (exact) mass is 269 g/mol. The molecule has 0 N–H and O–H groups in total. The van der Waals surface area contributed by atoms with Gasteiger partial charge < -0.3 is 9.47 Å². The van der Waals surface area contributed by atoms with Crippen molar-refractivity contribution in [1.82, 2.24) is 0 Å². The van der Waals surface area contributed by atoms with Crippen molar-refractivity contribution in [1.29, 1.82) is 0 Å². The van der Waals surface area contributed by atoms with Crippen LogP contribution in [0.4, 0.5) is 10.5 Å². The predicted molar refractivity (Wildman–Crippen MR) is 66.5 cm³/mol. The number of hydrogen-bond acceptors (Lipinski definition) is 4. The Balaban J connectivity index is 2.37. The van der Waals surface area contributed by atoms with Gasteiger partial charge in [0, 0.05) is 5.56 Å². The van der Waals surface area contributed by atoms with Crippen molar-refractivity contribution in [2.45, 2.75) is 6.92 Å². The first-order chi connectivity index (χ1) is 8.63. The first-order valence-electron chi connectivity index (χ1n) is 5.54. The average molecular weight is 270 g/mol. The van der Waals surface area contributed by atoms with Gasteiger partial charge in [0.1, 0.15) is 12.4 Å². The zero-order valence-corrected chi connectivity index (χ0v) is 10.6. The van der Waals surface area contributed by atoms with Gasteiger partial charge in [0.2, 0.25) is 0 Å². The third-order valence-electron chi connectivity index (χ3n) is 2.54. The molecule has 0 aliphatic carbocycles. The summed E-state index contributed by atoms with van der Waals surface area (Å²) in [5.41, 5.74) is 0.821. The average Bonchev–Trinajstić information content (AvgIpc) is 2.37. The van der Waals surface area contributed by atoms with E-state index in [1.165, 1.54) is 11.0 Å². The molecule has 0 atom stereocenters. The van der Waals surface area contributed by atoms with Gasteiger partial charge in [-0.3, -0.25) is 9.69 Å². The molecule has 18 heavy (non-hydrogen) atoms. The van der Waals surface area contributed by atoms with Crippen molar-refractivity contribution < 1.29 is 19.1 Å². The van der Waals surface area contributed by atoms with Crippen LogP contribution in [-0.4, -0.2) is 31.1 Å². The van der Waals surface area contributed by atoms with Gasteiger partial charge in [-0.05, 0) is 36.7 Å². The lowest BCUT2D eigenvalue weighted by molar-refractivity contribution is 0.108. The summed E-state index contributed by atoms with van der Waals surface area (Å²) in [6.45, 7) is 2.80. The van der Waals surface area contributed by atoms with Gasteiger partial charge in [-0.25, -0.2) is 4.79 Å². The molecule has 1 aliphatic rings. The second-order valence-corrected chi connectivity index (χ2v) is 4.00. The van der Waals surface area contributed by atoms with Crippen molar-refractivity contribution in [3.63, 3.8) is 0 Å². The number of anilines is 1. The number of hydrogen-bond donors (Lipinski definition) is 0. The SMILES string of the molecule is CCOC(=O)N1CCOc2ccc(C(=O)Cl)cc21. The molecular formula is C12H12ClNO4. The maximum Gasteiger partial charge on any atom is 0.414 e. The van der Waals surface area contributed by atoms with Crippen LogP contribution in [0, 0.1) is 0 Å². The fourth-order valence-electron chi connectivity index (χ4n) is 1.73. The Morgan fingerprint density at radius 1 is 1.50 bits per heavy atom. The molecule has 5 nitrogen and oxygen atoms in total. The maximum atomic E-state index is 11.8. The lowest BCUT2D eigenvalue weighted by Crippen LogP contribution is -2.38. The summed E-state index contributed by atoms with van der Waals surface area (Å²) in [5, 5.41) is -0.577. The summed E-state index contributed by atoms with van der Waals surface area (Å²) in [5.74, 6) is 0.538. The highest BCUT2D eigenvalue weighted by Gasteiger charge is 2.25. The van der Waals surface area contributed by atoms with E-state index < -0.39 is 11.3 Å². The summed E-state index contributed by atoms with van der Waals surface area (Å²) in [6.07, 6.45) is -0.457. The van der Waals surface area contributed by atoms with Crippen LogP contribution >= 0.6 is 11.6 Å². The molecule has 0 aromatic heterocycles. The second-order valence-electron chi connectivity index (χ2n) is 3.66. The van der Waals surface area contributed by atoms with Crippen LogP contribution in [0.3, 0.4) is 0 Å². The zero-order valence-electron chi connectivity index (χ0n) is 9.81. The molecule has 1 aromatic carbocycles. The summed E-state index contributed by atoms with van der Waals surface area (Å²) in [6, 6.07) is 4.71. The van der Waals surface area contributed by atoms with E-state index in [-0.39, 0.29) is 0 Å². The highest BCUT2D eigenvalue weighted by atomic mass is 35.5. The van der Waals surface area contributed by atoms with E-state index in [4.69, 9.17) is 21.1 Å². The fourth-order valence-corrected chi connectivity index (χ4v) is 1.85. The minimum absolute atomic E-state index is 0.291. The minimum Gasteiger partial charge on any atom is -0.490 e. The van der Waals surface area contributed by atoms with Crippen LogP contribution in [0.15, 0.2) is 18.2 Å². The van der Waals surface area contributed by atoms with E-state index in [2.05, 4.69) is 0 Å². The normalized spacial score (nSPS) is 13.6. The molecule has 0 fully saturated rings. The number of nitrogens with zero attached hydrogens (tertiary/aromatic N) is 1.